The highest BCUT2D eigenvalue weighted by atomic mass is 15.3. The van der Waals surface area contributed by atoms with E-state index in [9.17, 15) is 0 Å². The first-order valence-electron chi connectivity index (χ1n) is 12.7. The number of piperazine rings is 1. The molecule has 1 N–H and O–H groups in total. The van der Waals surface area contributed by atoms with Gasteiger partial charge < -0.3 is 14.8 Å². The summed E-state index contributed by atoms with van der Waals surface area (Å²) in [5, 5.41) is 8.90. The normalized spacial score (nSPS) is 20.4. The quantitative estimate of drug-likeness (QED) is 0.683. The number of aromatic nitrogens is 3. The van der Waals surface area contributed by atoms with E-state index in [-0.39, 0.29) is 0 Å². The number of aromatic amines is 1. The summed E-state index contributed by atoms with van der Waals surface area (Å²) in [5.74, 6) is 2.54. The van der Waals surface area contributed by atoms with E-state index >= 15 is 0 Å². The summed E-state index contributed by atoms with van der Waals surface area (Å²) in [6.45, 7) is 14.7. The van der Waals surface area contributed by atoms with Crippen LogP contribution in [0.25, 0.3) is 17.1 Å². The lowest BCUT2D eigenvalue weighted by atomic mass is 10.0. The highest BCUT2D eigenvalue weighted by molar-refractivity contribution is 5.79. The fourth-order valence-electron chi connectivity index (χ4n) is 5.17. The average molecular weight is 435 g/mol. The van der Waals surface area contributed by atoms with Crippen molar-refractivity contribution in [3.8, 4) is 11.4 Å². The van der Waals surface area contributed by atoms with E-state index in [2.05, 4.69) is 61.6 Å². The fraction of sp³-hybridized carbons (Fsp3) is 0.615. The largest absolute Gasteiger partial charge is 0.371 e. The zero-order chi connectivity index (χ0) is 21.9. The van der Waals surface area contributed by atoms with Gasteiger partial charge in [-0.1, -0.05) is 38.5 Å². The Balaban J connectivity index is 1.42. The number of nitrogens with zero attached hydrogens (tertiary/aromatic N) is 5. The van der Waals surface area contributed by atoms with Gasteiger partial charge in [-0.3, -0.25) is 4.90 Å². The Morgan fingerprint density at radius 3 is 2.44 bits per heavy atom. The Kier molecular flexibility index (Phi) is 6.49. The number of rotatable bonds is 7. The van der Waals surface area contributed by atoms with E-state index < -0.39 is 0 Å². The molecule has 0 radical (unpaired) electrons. The smallest absolute Gasteiger partial charge is 0.161 e. The molecule has 2 aliphatic heterocycles. The maximum absolute atomic E-state index is 4.58. The van der Waals surface area contributed by atoms with Gasteiger partial charge in [-0.2, -0.15) is 0 Å². The minimum Gasteiger partial charge on any atom is -0.371 e. The molecule has 0 bridgehead atoms. The highest BCUT2D eigenvalue weighted by Crippen LogP contribution is 2.39. The molecular weight excluding hydrogens is 396 g/mol. The van der Waals surface area contributed by atoms with Crippen LogP contribution < -0.4 is 4.90 Å². The summed E-state index contributed by atoms with van der Waals surface area (Å²) in [7, 11) is 0. The van der Waals surface area contributed by atoms with Crippen LogP contribution in [-0.2, 0) is 0 Å². The summed E-state index contributed by atoms with van der Waals surface area (Å²) >= 11 is 0. The lowest BCUT2D eigenvalue weighted by Gasteiger charge is -2.38. The van der Waals surface area contributed by atoms with E-state index in [1.54, 1.807) is 0 Å². The lowest BCUT2D eigenvalue weighted by molar-refractivity contribution is 0.176. The zero-order valence-electron chi connectivity index (χ0n) is 19.7. The Morgan fingerprint density at radius 2 is 1.75 bits per heavy atom. The average Bonchev–Trinajstić information content (AvgIpc) is 3.62. The van der Waals surface area contributed by atoms with Crippen molar-refractivity contribution in [3.05, 3.63) is 36.2 Å². The highest BCUT2D eigenvalue weighted by Gasteiger charge is 2.28. The predicted molar refractivity (Wildman–Crippen MR) is 132 cm³/mol. The number of anilines is 1. The molecular formula is C26H38N6. The van der Waals surface area contributed by atoms with Gasteiger partial charge >= 0.3 is 0 Å². The third-order valence-corrected chi connectivity index (χ3v) is 7.29. The molecule has 3 fully saturated rings. The summed E-state index contributed by atoms with van der Waals surface area (Å²) in [6, 6.07) is 6.80. The summed E-state index contributed by atoms with van der Waals surface area (Å²) in [6.07, 6.45) is 8.89. The Hall–Kier alpha value is -2.34. The molecule has 1 aromatic carbocycles. The van der Waals surface area contributed by atoms with Crippen molar-refractivity contribution < 1.29 is 0 Å². The fourth-order valence-corrected chi connectivity index (χ4v) is 5.17. The van der Waals surface area contributed by atoms with Crippen LogP contribution in [0.4, 0.5) is 5.69 Å². The second-order valence-electron chi connectivity index (χ2n) is 9.74. The number of H-pyrrole nitrogens is 1. The first kappa shape index (κ1) is 21.5. The van der Waals surface area contributed by atoms with Crippen LogP contribution in [0.1, 0.15) is 69.2 Å². The van der Waals surface area contributed by atoms with Crippen molar-refractivity contribution in [2.24, 2.45) is 0 Å². The van der Waals surface area contributed by atoms with Crippen molar-refractivity contribution in [2.45, 2.75) is 57.8 Å². The second kappa shape index (κ2) is 9.65. The number of hydrogen-bond donors (Lipinski definition) is 1. The minimum atomic E-state index is 0.590. The summed E-state index contributed by atoms with van der Waals surface area (Å²) < 4.78 is 0. The monoisotopic (exact) mass is 434 g/mol. The predicted octanol–water partition coefficient (Wildman–Crippen LogP) is 4.73. The van der Waals surface area contributed by atoms with E-state index in [4.69, 9.17) is 0 Å². The van der Waals surface area contributed by atoms with Gasteiger partial charge in [0.2, 0.25) is 0 Å². The number of nitrogens with one attached hydrogen (secondary N) is 1. The standard InChI is InChI=1S/C26H38N6/c1-3-12-30-15-17-31(18-16-30)20(2)23-11-10-22(26-27-25(28-29-26)21-8-9-21)19-24(23)32-13-6-4-5-7-14-32/h10-11,19,21H,2-9,12-18H2,1H3,(H,27,28,29). The number of hydrogen-bond acceptors (Lipinski definition) is 5. The van der Waals surface area contributed by atoms with Crippen LogP contribution in [0.3, 0.4) is 0 Å². The summed E-state index contributed by atoms with van der Waals surface area (Å²) in [5.41, 5.74) is 4.90. The van der Waals surface area contributed by atoms with Crippen molar-refractivity contribution >= 4 is 11.4 Å². The SMILES string of the molecule is C=C(c1ccc(-c2nnc(C3CC3)[nH]2)cc1N1CCCCCC1)N1CCN(CCC)CC1. The van der Waals surface area contributed by atoms with Crippen molar-refractivity contribution in [2.75, 3.05) is 50.7 Å². The Morgan fingerprint density at radius 1 is 1.00 bits per heavy atom. The van der Waals surface area contributed by atoms with Gasteiger partial charge in [0.05, 0.1) is 0 Å². The maximum Gasteiger partial charge on any atom is 0.161 e. The van der Waals surface area contributed by atoms with Crippen LogP contribution in [-0.4, -0.2) is 70.8 Å². The molecule has 1 saturated carbocycles. The van der Waals surface area contributed by atoms with Gasteiger partial charge in [0.1, 0.15) is 5.82 Å². The third-order valence-electron chi connectivity index (χ3n) is 7.29. The van der Waals surface area contributed by atoms with Crippen LogP contribution in [0.2, 0.25) is 0 Å². The maximum atomic E-state index is 4.58. The van der Waals surface area contributed by atoms with Gasteiger partial charge in [0.15, 0.2) is 5.82 Å². The summed E-state index contributed by atoms with van der Waals surface area (Å²) in [4.78, 5) is 11.1. The molecule has 3 aliphatic rings. The molecule has 3 heterocycles. The molecule has 0 unspecified atom stereocenters. The zero-order valence-corrected chi connectivity index (χ0v) is 19.7. The lowest BCUT2D eigenvalue weighted by Crippen LogP contribution is -2.45. The van der Waals surface area contributed by atoms with Crippen LogP contribution in [0, 0.1) is 0 Å². The topological polar surface area (TPSA) is 51.3 Å². The molecule has 6 nitrogen and oxygen atoms in total. The van der Waals surface area contributed by atoms with Gasteiger partial charge in [-0.25, -0.2) is 0 Å². The van der Waals surface area contributed by atoms with Crippen molar-refractivity contribution in [1.82, 2.24) is 25.0 Å². The van der Waals surface area contributed by atoms with E-state index in [1.165, 1.54) is 68.4 Å². The first-order valence-corrected chi connectivity index (χ1v) is 12.7. The Bertz CT molecular complexity index is 914. The molecule has 1 aliphatic carbocycles. The second-order valence-corrected chi connectivity index (χ2v) is 9.74. The first-order chi connectivity index (χ1) is 15.7. The molecule has 32 heavy (non-hydrogen) atoms. The Labute approximate surface area is 192 Å². The molecule has 2 saturated heterocycles. The molecule has 2 aromatic rings. The van der Waals surface area contributed by atoms with Gasteiger partial charge in [0.25, 0.3) is 0 Å². The van der Waals surface area contributed by atoms with Gasteiger partial charge in [-0.15, -0.1) is 10.2 Å². The minimum absolute atomic E-state index is 0.590. The molecule has 5 rings (SSSR count). The van der Waals surface area contributed by atoms with Crippen LogP contribution in [0.5, 0.6) is 0 Å². The third kappa shape index (κ3) is 4.70. The van der Waals surface area contributed by atoms with Gasteiger partial charge in [-0.05, 0) is 44.7 Å². The van der Waals surface area contributed by atoms with E-state index in [0.29, 0.717) is 5.92 Å². The van der Waals surface area contributed by atoms with Crippen molar-refractivity contribution in [1.29, 1.82) is 0 Å². The molecule has 1 aromatic heterocycles. The molecule has 0 spiro atoms. The number of benzene rings is 1. The van der Waals surface area contributed by atoms with Crippen LogP contribution in [0.15, 0.2) is 24.8 Å². The van der Waals surface area contributed by atoms with E-state index in [0.717, 1.165) is 56.5 Å². The van der Waals surface area contributed by atoms with E-state index in [1.807, 2.05) is 0 Å². The molecule has 0 amide bonds. The van der Waals surface area contributed by atoms with Crippen molar-refractivity contribution in [3.63, 3.8) is 0 Å². The molecule has 6 heteroatoms. The molecule has 0 atom stereocenters. The van der Waals surface area contributed by atoms with Gasteiger partial charge in [0, 0.05) is 67.7 Å². The van der Waals surface area contributed by atoms with Crippen LogP contribution >= 0.6 is 0 Å². The molecule has 172 valence electrons.